The maximum atomic E-state index is 12.5. The Bertz CT molecular complexity index is 829. The van der Waals surface area contributed by atoms with Crippen LogP contribution in [0.25, 0.3) is 6.08 Å². The monoisotopic (exact) mass is 323 g/mol. The molecule has 3 rings (SSSR count). The third kappa shape index (κ3) is 2.81. The molecule has 0 atom stereocenters. The van der Waals surface area contributed by atoms with E-state index in [0.29, 0.717) is 11.3 Å². The second-order valence-corrected chi connectivity index (χ2v) is 5.61. The summed E-state index contributed by atoms with van der Waals surface area (Å²) < 4.78 is 0. The molecule has 2 aromatic carbocycles. The van der Waals surface area contributed by atoms with E-state index in [9.17, 15) is 14.7 Å². The summed E-state index contributed by atoms with van der Waals surface area (Å²) in [5, 5.41) is 11.3. The third-order valence-corrected chi connectivity index (χ3v) is 3.74. The van der Waals surface area contributed by atoms with Gasteiger partial charge in [-0.05, 0) is 30.3 Å². The van der Waals surface area contributed by atoms with E-state index in [1.54, 1.807) is 42.5 Å². The fourth-order valence-corrected chi connectivity index (χ4v) is 2.40. The molecule has 1 fully saturated rings. The van der Waals surface area contributed by atoms with Crippen molar-refractivity contribution >= 4 is 29.3 Å². The van der Waals surface area contributed by atoms with E-state index in [4.69, 9.17) is 0 Å². The molecule has 0 spiro atoms. The second kappa shape index (κ2) is 6.08. The molecule has 2 aromatic rings. The summed E-state index contributed by atoms with van der Waals surface area (Å²) in [5.41, 5.74) is 4.31. The van der Waals surface area contributed by atoms with Gasteiger partial charge < -0.3 is 10.0 Å². The lowest BCUT2D eigenvalue weighted by atomic mass is 10.1. The molecule has 0 radical (unpaired) electrons. The molecule has 1 saturated heterocycles. The number of carbonyl (C=O) groups is 2. The highest BCUT2D eigenvalue weighted by Gasteiger charge is 2.34. The SMILES string of the molecule is CN(C)c1ccc(C=C2C(=O)NN(c3ccccc3)C2=O)c(O)c1. The number of hydrogen-bond acceptors (Lipinski definition) is 4. The zero-order valence-corrected chi connectivity index (χ0v) is 13.4. The van der Waals surface area contributed by atoms with Crippen LogP contribution in [0.1, 0.15) is 5.56 Å². The van der Waals surface area contributed by atoms with Crippen LogP contribution in [0, 0.1) is 0 Å². The molecule has 6 nitrogen and oxygen atoms in total. The van der Waals surface area contributed by atoms with Crippen molar-refractivity contribution in [3.8, 4) is 5.75 Å². The lowest BCUT2D eigenvalue weighted by Gasteiger charge is -2.14. The quantitative estimate of drug-likeness (QED) is 0.669. The van der Waals surface area contributed by atoms with E-state index in [-0.39, 0.29) is 11.3 Å². The Kier molecular flexibility index (Phi) is 3.95. The van der Waals surface area contributed by atoms with Crippen LogP contribution in [0.4, 0.5) is 11.4 Å². The standard InChI is InChI=1S/C18H17N3O3/c1-20(2)14-9-8-12(16(22)11-14)10-15-17(23)19-21(18(15)24)13-6-4-3-5-7-13/h3-11,22H,1-2H3,(H,19,23). The number of aromatic hydroxyl groups is 1. The van der Waals surface area contributed by atoms with Gasteiger partial charge >= 0.3 is 0 Å². The molecule has 2 amide bonds. The molecule has 122 valence electrons. The van der Waals surface area contributed by atoms with Crippen molar-refractivity contribution in [2.24, 2.45) is 0 Å². The Hall–Kier alpha value is -3.28. The highest BCUT2D eigenvalue weighted by molar-refractivity contribution is 6.31. The minimum atomic E-state index is -0.500. The largest absolute Gasteiger partial charge is 0.507 e. The molecule has 0 aromatic heterocycles. The minimum absolute atomic E-state index is 0.00691. The van der Waals surface area contributed by atoms with Gasteiger partial charge in [-0.1, -0.05) is 18.2 Å². The van der Waals surface area contributed by atoms with E-state index < -0.39 is 11.8 Å². The van der Waals surface area contributed by atoms with Gasteiger partial charge in [0.05, 0.1) is 5.69 Å². The summed E-state index contributed by atoms with van der Waals surface area (Å²) in [5.74, 6) is -0.949. The summed E-state index contributed by atoms with van der Waals surface area (Å²) in [4.78, 5) is 26.5. The predicted octanol–water partition coefficient (Wildman–Crippen LogP) is 1.92. The number of amides is 2. The van der Waals surface area contributed by atoms with Gasteiger partial charge in [0.15, 0.2) is 0 Å². The van der Waals surface area contributed by atoms with Crippen molar-refractivity contribution in [1.82, 2.24) is 5.43 Å². The van der Waals surface area contributed by atoms with Crippen molar-refractivity contribution < 1.29 is 14.7 Å². The first kappa shape index (κ1) is 15.6. The van der Waals surface area contributed by atoms with Crippen LogP contribution in [0.15, 0.2) is 54.1 Å². The van der Waals surface area contributed by atoms with E-state index in [2.05, 4.69) is 5.43 Å². The fourth-order valence-electron chi connectivity index (χ4n) is 2.40. The van der Waals surface area contributed by atoms with Gasteiger partial charge in [0, 0.05) is 31.4 Å². The zero-order chi connectivity index (χ0) is 17.3. The number of phenols is 1. The topological polar surface area (TPSA) is 72.9 Å². The van der Waals surface area contributed by atoms with Crippen LogP contribution in [-0.2, 0) is 9.59 Å². The molecular formula is C18H17N3O3. The minimum Gasteiger partial charge on any atom is -0.507 e. The smallest absolute Gasteiger partial charge is 0.282 e. The summed E-state index contributed by atoms with van der Waals surface area (Å²) >= 11 is 0. The molecule has 2 N–H and O–H groups in total. The molecule has 1 aliphatic rings. The number of carbonyl (C=O) groups excluding carboxylic acids is 2. The average molecular weight is 323 g/mol. The fraction of sp³-hybridized carbons (Fsp3) is 0.111. The van der Waals surface area contributed by atoms with Crippen LogP contribution in [-0.4, -0.2) is 31.0 Å². The highest BCUT2D eigenvalue weighted by Crippen LogP contribution is 2.27. The van der Waals surface area contributed by atoms with Gasteiger partial charge in [-0.15, -0.1) is 0 Å². The van der Waals surface area contributed by atoms with Crippen molar-refractivity contribution in [3.63, 3.8) is 0 Å². The van der Waals surface area contributed by atoms with E-state index in [1.165, 1.54) is 11.1 Å². The van der Waals surface area contributed by atoms with Gasteiger partial charge in [-0.3, -0.25) is 15.0 Å². The molecule has 1 heterocycles. The first-order chi connectivity index (χ1) is 11.5. The van der Waals surface area contributed by atoms with E-state index in [1.807, 2.05) is 25.1 Å². The molecule has 24 heavy (non-hydrogen) atoms. The van der Waals surface area contributed by atoms with E-state index in [0.717, 1.165) is 5.69 Å². The van der Waals surface area contributed by atoms with Crippen LogP contribution < -0.4 is 15.3 Å². The lowest BCUT2D eigenvalue weighted by molar-refractivity contribution is -0.117. The number of hydrogen-bond donors (Lipinski definition) is 2. The van der Waals surface area contributed by atoms with Gasteiger partial charge in [0.1, 0.15) is 11.3 Å². The van der Waals surface area contributed by atoms with Crippen LogP contribution in [0.3, 0.4) is 0 Å². The zero-order valence-electron chi connectivity index (χ0n) is 13.4. The normalized spacial score (nSPS) is 15.8. The molecular weight excluding hydrogens is 306 g/mol. The Morgan fingerprint density at radius 2 is 1.79 bits per heavy atom. The third-order valence-electron chi connectivity index (χ3n) is 3.74. The maximum absolute atomic E-state index is 12.5. The molecule has 0 aliphatic carbocycles. The highest BCUT2D eigenvalue weighted by atomic mass is 16.3. The lowest BCUT2D eigenvalue weighted by Crippen LogP contribution is -2.35. The molecule has 0 bridgehead atoms. The number of anilines is 2. The summed E-state index contributed by atoms with van der Waals surface area (Å²) in [6.45, 7) is 0. The van der Waals surface area contributed by atoms with Gasteiger partial charge in [0.2, 0.25) is 0 Å². The molecule has 0 unspecified atom stereocenters. The first-order valence-corrected chi connectivity index (χ1v) is 7.40. The van der Waals surface area contributed by atoms with Gasteiger partial charge in [0.25, 0.3) is 11.8 Å². The molecule has 6 heteroatoms. The number of benzene rings is 2. The maximum Gasteiger partial charge on any atom is 0.282 e. The van der Waals surface area contributed by atoms with Crippen LogP contribution >= 0.6 is 0 Å². The number of nitrogens with one attached hydrogen (secondary N) is 1. The number of para-hydroxylation sites is 1. The number of phenolic OH excluding ortho intramolecular Hbond substituents is 1. The van der Waals surface area contributed by atoms with E-state index >= 15 is 0 Å². The molecule has 0 saturated carbocycles. The van der Waals surface area contributed by atoms with Crippen LogP contribution in [0.5, 0.6) is 5.75 Å². The van der Waals surface area contributed by atoms with Gasteiger partial charge in [-0.25, -0.2) is 5.01 Å². The summed E-state index contributed by atoms with van der Waals surface area (Å²) in [6, 6.07) is 13.9. The predicted molar refractivity (Wildman–Crippen MR) is 92.5 cm³/mol. The number of hydrazine groups is 1. The van der Waals surface area contributed by atoms with Crippen molar-refractivity contribution in [3.05, 3.63) is 59.7 Å². The summed E-state index contributed by atoms with van der Waals surface area (Å²) in [6.07, 6.45) is 1.40. The Labute approximate surface area is 139 Å². The molecule has 1 aliphatic heterocycles. The first-order valence-electron chi connectivity index (χ1n) is 7.40. The van der Waals surface area contributed by atoms with Crippen LogP contribution in [0.2, 0.25) is 0 Å². The summed E-state index contributed by atoms with van der Waals surface area (Å²) in [7, 11) is 3.72. The van der Waals surface area contributed by atoms with Crippen molar-refractivity contribution in [2.75, 3.05) is 24.0 Å². The number of rotatable bonds is 3. The Morgan fingerprint density at radius 3 is 2.42 bits per heavy atom. The van der Waals surface area contributed by atoms with Crippen molar-refractivity contribution in [2.45, 2.75) is 0 Å². The Morgan fingerprint density at radius 1 is 1.08 bits per heavy atom. The second-order valence-electron chi connectivity index (χ2n) is 5.61. The average Bonchev–Trinajstić information content (AvgIpc) is 2.85. The number of nitrogens with zero attached hydrogens (tertiary/aromatic N) is 2. The van der Waals surface area contributed by atoms with Crippen molar-refractivity contribution in [1.29, 1.82) is 0 Å². The Balaban J connectivity index is 1.93. The van der Waals surface area contributed by atoms with Gasteiger partial charge in [-0.2, -0.15) is 0 Å².